The molecule has 1 saturated carbocycles. The van der Waals surface area contributed by atoms with E-state index < -0.39 is 6.10 Å². The van der Waals surface area contributed by atoms with Crippen LogP contribution in [-0.4, -0.2) is 74.8 Å². The summed E-state index contributed by atoms with van der Waals surface area (Å²) >= 11 is 0. The van der Waals surface area contributed by atoms with Crippen LogP contribution in [0.5, 0.6) is 0 Å². The van der Waals surface area contributed by atoms with Crippen molar-refractivity contribution in [2.45, 2.75) is 44.9 Å². The lowest BCUT2D eigenvalue weighted by atomic mass is 10.3. The minimum absolute atomic E-state index is 0.0325. The quantitative estimate of drug-likeness (QED) is 0.507. The monoisotopic (exact) mass is 274 g/mol. The van der Waals surface area contributed by atoms with E-state index in [1.807, 2.05) is 6.92 Å². The number of nitrogens with zero attached hydrogens (tertiary/aromatic N) is 1. The number of aliphatic hydroxyl groups is 1. The average molecular weight is 274 g/mol. The fourth-order valence-corrected chi connectivity index (χ4v) is 2.15. The lowest BCUT2D eigenvalue weighted by Crippen LogP contribution is -2.38. The average Bonchev–Trinajstić information content (AvgIpc) is 3.21. The van der Waals surface area contributed by atoms with Gasteiger partial charge in [0.15, 0.2) is 0 Å². The summed E-state index contributed by atoms with van der Waals surface area (Å²) in [6.07, 6.45) is 2.28. The van der Waals surface area contributed by atoms with Gasteiger partial charge in [0.05, 0.1) is 25.4 Å². The van der Waals surface area contributed by atoms with E-state index in [1.165, 1.54) is 12.8 Å². The Bertz CT molecular complexity index is 225. The van der Waals surface area contributed by atoms with Gasteiger partial charge in [-0.05, 0) is 26.3 Å². The van der Waals surface area contributed by atoms with E-state index in [-0.39, 0.29) is 6.10 Å². The molecular weight excluding hydrogens is 244 g/mol. The topological polar surface area (TPSA) is 54.0 Å². The molecule has 1 fully saturated rings. The smallest absolute Gasteiger partial charge is 0.0897 e. The second kappa shape index (κ2) is 9.66. The van der Waals surface area contributed by atoms with E-state index in [4.69, 9.17) is 9.47 Å². The summed E-state index contributed by atoms with van der Waals surface area (Å²) in [6.45, 7) is 8.76. The normalized spacial score (nSPS) is 18.8. The molecule has 5 nitrogen and oxygen atoms in total. The second-order valence-corrected chi connectivity index (χ2v) is 5.32. The summed E-state index contributed by atoms with van der Waals surface area (Å²) in [6, 6.07) is 0.815. The minimum atomic E-state index is -0.449. The molecule has 0 heterocycles. The van der Waals surface area contributed by atoms with Crippen LogP contribution in [0.15, 0.2) is 0 Å². The number of rotatable bonds is 12. The lowest BCUT2D eigenvalue weighted by Gasteiger charge is -2.21. The van der Waals surface area contributed by atoms with Crippen LogP contribution in [0.1, 0.15) is 26.7 Å². The Morgan fingerprint density at radius 3 is 2.68 bits per heavy atom. The molecule has 0 bridgehead atoms. The molecule has 2 N–H and O–H groups in total. The van der Waals surface area contributed by atoms with Crippen molar-refractivity contribution < 1.29 is 14.6 Å². The third-order valence-corrected chi connectivity index (χ3v) is 3.40. The van der Waals surface area contributed by atoms with Crippen LogP contribution < -0.4 is 5.32 Å². The molecule has 2 unspecified atom stereocenters. The van der Waals surface area contributed by atoms with Gasteiger partial charge in [0.25, 0.3) is 0 Å². The highest BCUT2D eigenvalue weighted by Gasteiger charge is 2.27. The molecular formula is C14H30N2O3. The fraction of sp³-hybridized carbons (Fsp3) is 1.00. The molecule has 1 aliphatic rings. The Balaban J connectivity index is 1.95. The molecule has 0 aromatic carbocycles. The van der Waals surface area contributed by atoms with Gasteiger partial charge in [-0.1, -0.05) is 6.92 Å². The van der Waals surface area contributed by atoms with Gasteiger partial charge in [-0.15, -0.1) is 0 Å². The summed E-state index contributed by atoms with van der Waals surface area (Å²) in [7, 11) is 1.65. The number of aliphatic hydroxyl groups excluding tert-OH is 1. The van der Waals surface area contributed by atoms with Crippen molar-refractivity contribution in [3.63, 3.8) is 0 Å². The third kappa shape index (κ3) is 7.84. The van der Waals surface area contributed by atoms with Crippen LogP contribution >= 0.6 is 0 Å². The van der Waals surface area contributed by atoms with E-state index in [0.29, 0.717) is 19.8 Å². The molecule has 0 amide bonds. The highest BCUT2D eigenvalue weighted by Crippen LogP contribution is 2.25. The SMILES string of the molecule is CCN(CCNCC(O)COC(C)COC)C1CC1. The Kier molecular flexibility index (Phi) is 8.57. The van der Waals surface area contributed by atoms with Gasteiger partial charge in [-0.3, -0.25) is 4.90 Å². The van der Waals surface area contributed by atoms with Crippen LogP contribution in [0.2, 0.25) is 0 Å². The first kappa shape index (κ1) is 16.9. The number of hydrogen-bond acceptors (Lipinski definition) is 5. The van der Waals surface area contributed by atoms with E-state index in [1.54, 1.807) is 7.11 Å². The van der Waals surface area contributed by atoms with E-state index in [2.05, 4.69) is 17.1 Å². The first-order valence-corrected chi connectivity index (χ1v) is 7.40. The van der Waals surface area contributed by atoms with Crippen molar-refractivity contribution >= 4 is 0 Å². The lowest BCUT2D eigenvalue weighted by molar-refractivity contribution is -0.0311. The second-order valence-electron chi connectivity index (χ2n) is 5.32. The summed E-state index contributed by atoms with van der Waals surface area (Å²) < 4.78 is 10.4. The first-order chi connectivity index (χ1) is 9.17. The standard InChI is InChI=1S/C14H30N2O3/c1-4-16(13-5-6-13)8-7-15-9-14(17)11-19-12(2)10-18-3/h12-15,17H,4-11H2,1-3H3. The van der Waals surface area contributed by atoms with Crippen LogP contribution in [0.4, 0.5) is 0 Å². The minimum Gasteiger partial charge on any atom is -0.389 e. The van der Waals surface area contributed by atoms with Crippen LogP contribution in [0.3, 0.4) is 0 Å². The van der Waals surface area contributed by atoms with Crippen molar-refractivity contribution in [3.05, 3.63) is 0 Å². The molecule has 19 heavy (non-hydrogen) atoms. The zero-order chi connectivity index (χ0) is 14.1. The zero-order valence-corrected chi connectivity index (χ0v) is 12.6. The van der Waals surface area contributed by atoms with Gasteiger partial charge >= 0.3 is 0 Å². The fourth-order valence-electron chi connectivity index (χ4n) is 2.15. The first-order valence-electron chi connectivity index (χ1n) is 7.40. The molecule has 0 aliphatic heterocycles. The highest BCUT2D eigenvalue weighted by molar-refractivity contribution is 4.84. The Hall–Kier alpha value is -0.200. The van der Waals surface area contributed by atoms with Gasteiger partial charge in [0.1, 0.15) is 0 Å². The van der Waals surface area contributed by atoms with Gasteiger partial charge in [-0.2, -0.15) is 0 Å². The summed E-state index contributed by atoms with van der Waals surface area (Å²) in [5.41, 5.74) is 0. The van der Waals surface area contributed by atoms with E-state index in [0.717, 1.165) is 25.7 Å². The van der Waals surface area contributed by atoms with Gasteiger partial charge in [-0.25, -0.2) is 0 Å². The molecule has 2 atom stereocenters. The molecule has 0 spiro atoms. The van der Waals surface area contributed by atoms with E-state index in [9.17, 15) is 5.11 Å². The van der Waals surface area contributed by atoms with Crippen molar-refractivity contribution in [1.29, 1.82) is 0 Å². The molecule has 0 saturated heterocycles. The Morgan fingerprint density at radius 2 is 2.11 bits per heavy atom. The van der Waals surface area contributed by atoms with Crippen molar-refractivity contribution in [3.8, 4) is 0 Å². The van der Waals surface area contributed by atoms with Crippen molar-refractivity contribution in [1.82, 2.24) is 10.2 Å². The van der Waals surface area contributed by atoms with Gasteiger partial charge in [0.2, 0.25) is 0 Å². The number of hydrogen-bond donors (Lipinski definition) is 2. The molecule has 1 aliphatic carbocycles. The molecule has 1 rings (SSSR count). The molecule has 0 radical (unpaired) electrons. The maximum Gasteiger partial charge on any atom is 0.0897 e. The van der Waals surface area contributed by atoms with Gasteiger partial charge < -0.3 is 19.9 Å². The number of likely N-dealkylation sites (N-methyl/N-ethyl adjacent to an activating group) is 1. The van der Waals surface area contributed by atoms with E-state index >= 15 is 0 Å². The van der Waals surface area contributed by atoms with Crippen molar-refractivity contribution in [2.24, 2.45) is 0 Å². The van der Waals surface area contributed by atoms with Crippen LogP contribution in [0, 0.1) is 0 Å². The number of ether oxygens (including phenoxy) is 2. The Labute approximate surface area is 117 Å². The van der Waals surface area contributed by atoms with Gasteiger partial charge in [0, 0.05) is 32.8 Å². The zero-order valence-electron chi connectivity index (χ0n) is 12.6. The molecule has 0 aromatic heterocycles. The number of nitrogens with one attached hydrogen (secondary N) is 1. The molecule has 5 heteroatoms. The molecule has 114 valence electrons. The van der Waals surface area contributed by atoms with Crippen LogP contribution in [-0.2, 0) is 9.47 Å². The number of methoxy groups -OCH3 is 1. The maximum absolute atomic E-state index is 9.77. The van der Waals surface area contributed by atoms with Crippen LogP contribution in [0.25, 0.3) is 0 Å². The predicted molar refractivity (Wildman–Crippen MR) is 76.4 cm³/mol. The summed E-state index contributed by atoms with van der Waals surface area (Å²) in [4.78, 5) is 2.50. The van der Waals surface area contributed by atoms with Crippen molar-refractivity contribution in [2.75, 3.05) is 46.5 Å². The maximum atomic E-state index is 9.77. The third-order valence-electron chi connectivity index (χ3n) is 3.40. The predicted octanol–water partition coefficient (Wildman–Crippen LogP) is 0.473. The largest absolute Gasteiger partial charge is 0.389 e. The summed E-state index contributed by atoms with van der Waals surface area (Å²) in [5, 5.41) is 13.1. The summed E-state index contributed by atoms with van der Waals surface area (Å²) in [5.74, 6) is 0. The Morgan fingerprint density at radius 1 is 1.37 bits per heavy atom. The highest BCUT2D eigenvalue weighted by atomic mass is 16.5. The molecule has 0 aromatic rings.